The fourth-order valence-corrected chi connectivity index (χ4v) is 3.36. The van der Waals surface area contributed by atoms with Crippen LogP contribution in [-0.4, -0.2) is 24.8 Å². The van der Waals surface area contributed by atoms with E-state index in [1.165, 1.54) is 0 Å². The number of ether oxygens (including phenoxy) is 2. The van der Waals surface area contributed by atoms with Gasteiger partial charge in [0.25, 0.3) is 5.91 Å². The van der Waals surface area contributed by atoms with Crippen molar-refractivity contribution in [3.63, 3.8) is 0 Å². The van der Waals surface area contributed by atoms with E-state index >= 15 is 0 Å². The molecule has 5 nitrogen and oxygen atoms in total. The molecule has 0 aliphatic carbocycles. The molecule has 0 atom stereocenters. The van der Waals surface area contributed by atoms with Crippen molar-refractivity contribution < 1.29 is 14.3 Å². The Kier molecular flexibility index (Phi) is 7.89. The summed E-state index contributed by atoms with van der Waals surface area (Å²) in [6.45, 7) is 6.39. The molecule has 138 valence electrons. The minimum absolute atomic E-state index is 0.0471. The van der Waals surface area contributed by atoms with Gasteiger partial charge in [0, 0.05) is 4.47 Å². The van der Waals surface area contributed by atoms with Gasteiger partial charge in [-0.3, -0.25) is 4.79 Å². The first-order chi connectivity index (χ1) is 12.4. The van der Waals surface area contributed by atoms with Gasteiger partial charge in [0.15, 0.2) is 11.5 Å². The normalized spacial score (nSPS) is 11.0. The molecule has 26 heavy (non-hydrogen) atoms. The first-order valence-electron chi connectivity index (χ1n) is 8.13. The summed E-state index contributed by atoms with van der Waals surface area (Å²) in [7, 11) is 0. The number of hydrogen-bond donors (Lipinski definition) is 1. The molecule has 0 spiro atoms. The van der Waals surface area contributed by atoms with Crippen LogP contribution in [0.3, 0.4) is 0 Å². The number of benzene rings is 2. The first kappa shape index (κ1) is 20.7. The summed E-state index contributed by atoms with van der Waals surface area (Å²) in [5.74, 6) is 1.09. The van der Waals surface area contributed by atoms with Crippen LogP contribution in [0.2, 0.25) is 0 Å². The molecule has 0 heterocycles. The molecule has 0 aromatic heterocycles. The summed E-state index contributed by atoms with van der Waals surface area (Å²) in [6.07, 6.45) is 1.63. The lowest BCUT2D eigenvalue weighted by molar-refractivity contribution is 0.0954. The lowest BCUT2D eigenvalue weighted by atomic mass is 10.2. The summed E-state index contributed by atoms with van der Waals surface area (Å²) >= 11 is 5.56. The molecule has 2 rings (SSSR count). The second-order valence-electron chi connectivity index (χ2n) is 5.61. The SMILES string of the molecule is CCOc1cc(/C=N/NC(=O)c2ccccc2Br)cc(I)c1OC(C)C. The Morgan fingerprint density at radius 3 is 2.73 bits per heavy atom. The molecule has 0 aliphatic heterocycles. The van der Waals surface area contributed by atoms with Gasteiger partial charge in [0.2, 0.25) is 0 Å². The third-order valence-corrected chi connectivity index (χ3v) is 4.68. The van der Waals surface area contributed by atoms with Gasteiger partial charge >= 0.3 is 0 Å². The summed E-state index contributed by atoms with van der Waals surface area (Å²) in [5, 5.41) is 4.05. The third-order valence-electron chi connectivity index (χ3n) is 3.18. The van der Waals surface area contributed by atoms with Gasteiger partial charge in [-0.1, -0.05) is 12.1 Å². The topological polar surface area (TPSA) is 59.9 Å². The Balaban J connectivity index is 2.17. The summed E-state index contributed by atoms with van der Waals surface area (Å²) in [4.78, 5) is 12.2. The van der Waals surface area contributed by atoms with Crippen molar-refractivity contribution in [1.29, 1.82) is 0 Å². The highest BCUT2D eigenvalue weighted by Gasteiger charge is 2.13. The lowest BCUT2D eigenvalue weighted by Gasteiger charge is -2.16. The second kappa shape index (κ2) is 9.91. The van der Waals surface area contributed by atoms with Crippen molar-refractivity contribution in [3.05, 3.63) is 55.6 Å². The third kappa shape index (κ3) is 5.70. The maximum absolute atomic E-state index is 12.2. The minimum atomic E-state index is -0.284. The highest BCUT2D eigenvalue weighted by atomic mass is 127. The quantitative estimate of drug-likeness (QED) is 0.311. The van der Waals surface area contributed by atoms with Crippen LogP contribution in [0.15, 0.2) is 46.0 Å². The Labute approximate surface area is 175 Å². The molecule has 0 fully saturated rings. The van der Waals surface area contributed by atoms with Crippen LogP contribution in [0.4, 0.5) is 0 Å². The number of carbonyl (C=O) groups excluding carboxylic acids is 1. The number of halogens is 2. The van der Waals surface area contributed by atoms with Crippen LogP contribution in [0, 0.1) is 3.57 Å². The molecule has 1 N–H and O–H groups in total. The monoisotopic (exact) mass is 530 g/mol. The van der Waals surface area contributed by atoms with Gasteiger partial charge in [-0.15, -0.1) is 0 Å². The minimum Gasteiger partial charge on any atom is -0.490 e. The molecule has 2 aromatic carbocycles. The zero-order valence-electron chi connectivity index (χ0n) is 14.8. The molecule has 0 saturated heterocycles. The summed E-state index contributed by atoms with van der Waals surface area (Å²) in [5.41, 5.74) is 3.86. The van der Waals surface area contributed by atoms with Gasteiger partial charge in [-0.05, 0) is 89.1 Å². The van der Waals surface area contributed by atoms with E-state index in [-0.39, 0.29) is 12.0 Å². The Bertz CT molecular complexity index is 809. The van der Waals surface area contributed by atoms with Crippen LogP contribution < -0.4 is 14.9 Å². The van der Waals surface area contributed by atoms with Crippen molar-refractivity contribution in [3.8, 4) is 11.5 Å². The predicted molar refractivity (Wildman–Crippen MR) is 115 cm³/mol. The molecule has 0 unspecified atom stereocenters. The molecule has 0 aliphatic rings. The van der Waals surface area contributed by atoms with Crippen molar-refractivity contribution in [2.24, 2.45) is 5.10 Å². The van der Waals surface area contributed by atoms with E-state index in [9.17, 15) is 4.79 Å². The number of nitrogens with zero attached hydrogens (tertiary/aromatic N) is 1. The zero-order chi connectivity index (χ0) is 19.1. The Morgan fingerprint density at radius 1 is 1.35 bits per heavy atom. The maximum Gasteiger partial charge on any atom is 0.272 e. The Hall–Kier alpha value is -1.61. The van der Waals surface area contributed by atoms with Crippen LogP contribution >= 0.6 is 38.5 Å². The molecule has 0 bridgehead atoms. The predicted octanol–water partition coefficient (Wildman–Crippen LogP) is 5.00. The van der Waals surface area contributed by atoms with Crippen LogP contribution in [-0.2, 0) is 0 Å². The van der Waals surface area contributed by atoms with Crippen molar-refractivity contribution in [1.82, 2.24) is 5.43 Å². The number of hydrazone groups is 1. The van der Waals surface area contributed by atoms with Gasteiger partial charge < -0.3 is 9.47 Å². The second-order valence-corrected chi connectivity index (χ2v) is 7.63. The van der Waals surface area contributed by atoms with E-state index in [1.807, 2.05) is 45.0 Å². The fourth-order valence-electron chi connectivity index (χ4n) is 2.15. The average Bonchev–Trinajstić information content (AvgIpc) is 2.58. The van der Waals surface area contributed by atoms with Gasteiger partial charge in [-0.2, -0.15) is 5.10 Å². The number of nitrogens with one attached hydrogen (secondary N) is 1. The number of hydrogen-bond acceptors (Lipinski definition) is 4. The number of carbonyl (C=O) groups is 1. The smallest absolute Gasteiger partial charge is 0.272 e. The van der Waals surface area contributed by atoms with E-state index in [4.69, 9.17) is 9.47 Å². The lowest BCUT2D eigenvalue weighted by Crippen LogP contribution is -2.18. The van der Waals surface area contributed by atoms with Crippen molar-refractivity contribution in [2.75, 3.05) is 6.61 Å². The molecule has 0 saturated carbocycles. The highest BCUT2D eigenvalue weighted by Crippen LogP contribution is 2.34. The largest absolute Gasteiger partial charge is 0.490 e. The van der Waals surface area contributed by atoms with E-state index in [1.54, 1.807) is 18.3 Å². The molecule has 2 aromatic rings. The standard InChI is InChI=1S/C19H20BrIN2O3/c1-4-25-17-10-13(9-16(21)18(17)26-12(2)3)11-22-23-19(24)14-7-5-6-8-15(14)20/h5-12H,4H2,1-3H3,(H,23,24)/b22-11+. The molecule has 0 radical (unpaired) electrons. The van der Waals surface area contributed by atoms with Crippen molar-refractivity contribution in [2.45, 2.75) is 26.9 Å². The van der Waals surface area contributed by atoms with Gasteiger partial charge in [0.1, 0.15) is 0 Å². The number of amides is 1. The maximum atomic E-state index is 12.2. The zero-order valence-corrected chi connectivity index (χ0v) is 18.5. The van der Waals surface area contributed by atoms with Crippen molar-refractivity contribution >= 4 is 50.6 Å². The van der Waals surface area contributed by atoms with Crippen LogP contribution in [0.25, 0.3) is 0 Å². The van der Waals surface area contributed by atoms with Gasteiger partial charge in [-0.25, -0.2) is 5.43 Å². The molecule has 7 heteroatoms. The summed E-state index contributed by atoms with van der Waals surface area (Å²) in [6, 6.07) is 11.0. The molecule has 1 amide bonds. The first-order valence-corrected chi connectivity index (χ1v) is 10.0. The molecular weight excluding hydrogens is 511 g/mol. The van der Waals surface area contributed by atoms with E-state index < -0.39 is 0 Å². The summed E-state index contributed by atoms with van der Waals surface area (Å²) < 4.78 is 13.2. The number of rotatable bonds is 7. The van der Waals surface area contributed by atoms with E-state index in [0.717, 1.165) is 19.4 Å². The van der Waals surface area contributed by atoms with Crippen LogP contribution in [0.5, 0.6) is 11.5 Å². The van der Waals surface area contributed by atoms with Crippen LogP contribution in [0.1, 0.15) is 36.7 Å². The van der Waals surface area contributed by atoms with Gasteiger partial charge in [0.05, 0.1) is 28.1 Å². The molecular formula is C19H20BrIN2O3. The fraction of sp³-hybridized carbons (Fsp3) is 0.263. The van der Waals surface area contributed by atoms with E-state index in [0.29, 0.717) is 17.9 Å². The highest BCUT2D eigenvalue weighted by molar-refractivity contribution is 14.1. The van der Waals surface area contributed by atoms with E-state index in [2.05, 4.69) is 49.0 Å². The Morgan fingerprint density at radius 2 is 2.08 bits per heavy atom. The average molecular weight is 531 g/mol.